The van der Waals surface area contributed by atoms with E-state index in [1.807, 2.05) is 48.5 Å². The minimum atomic E-state index is -0.569. The van der Waals surface area contributed by atoms with Gasteiger partial charge in [0.05, 0.1) is 29.1 Å². The third kappa shape index (κ3) is 5.61. The number of hydrogen-bond donors (Lipinski definition) is 1. The Kier molecular flexibility index (Phi) is 7.63. The molecule has 0 unspecified atom stereocenters. The number of hydrogen-bond acceptors (Lipinski definition) is 4. The SMILES string of the molecule is CCOC(=O)c1nn(-c2ccc(C(=O)N[C@@H](Cc3ccccc3)c3ccccc3)cc2)c(C)c1Cl. The highest BCUT2D eigenvalue weighted by Gasteiger charge is 2.22. The van der Waals surface area contributed by atoms with E-state index in [-0.39, 0.29) is 29.3 Å². The molecular weight excluding hydrogens is 462 g/mol. The maximum absolute atomic E-state index is 13.1. The molecular formula is C28H26ClN3O3. The van der Waals surface area contributed by atoms with Crippen LogP contribution in [0, 0.1) is 6.92 Å². The van der Waals surface area contributed by atoms with E-state index in [0.717, 1.165) is 11.1 Å². The van der Waals surface area contributed by atoms with E-state index in [4.69, 9.17) is 16.3 Å². The topological polar surface area (TPSA) is 73.2 Å². The Morgan fingerprint density at radius 3 is 2.23 bits per heavy atom. The van der Waals surface area contributed by atoms with E-state index in [2.05, 4.69) is 22.5 Å². The number of nitrogens with one attached hydrogen (secondary N) is 1. The first-order valence-electron chi connectivity index (χ1n) is 11.4. The number of esters is 1. The van der Waals surface area contributed by atoms with Crippen molar-refractivity contribution < 1.29 is 14.3 Å². The zero-order valence-corrected chi connectivity index (χ0v) is 20.3. The van der Waals surface area contributed by atoms with Crippen molar-refractivity contribution in [3.63, 3.8) is 0 Å². The zero-order chi connectivity index (χ0) is 24.8. The van der Waals surface area contributed by atoms with E-state index < -0.39 is 5.97 Å². The number of rotatable bonds is 8. The van der Waals surface area contributed by atoms with E-state index in [1.54, 1.807) is 42.8 Å². The van der Waals surface area contributed by atoms with E-state index in [0.29, 0.717) is 23.4 Å². The van der Waals surface area contributed by atoms with Gasteiger partial charge >= 0.3 is 5.97 Å². The van der Waals surface area contributed by atoms with Gasteiger partial charge in [-0.15, -0.1) is 0 Å². The Morgan fingerprint density at radius 2 is 1.60 bits per heavy atom. The Labute approximate surface area is 209 Å². The number of benzene rings is 3. The molecule has 0 radical (unpaired) electrons. The monoisotopic (exact) mass is 487 g/mol. The van der Waals surface area contributed by atoms with Crippen LogP contribution in [-0.4, -0.2) is 28.3 Å². The summed E-state index contributed by atoms with van der Waals surface area (Å²) in [5.74, 6) is -0.746. The molecule has 1 heterocycles. The molecule has 6 nitrogen and oxygen atoms in total. The van der Waals surface area contributed by atoms with Crippen molar-refractivity contribution in [2.75, 3.05) is 6.61 Å². The lowest BCUT2D eigenvalue weighted by atomic mass is 9.98. The van der Waals surface area contributed by atoms with E-state index in [1.165, 1.54) is 0 Å². The van der Waals surface area contributed by atoms with Crippen LogP contribution in [0.2, 0.25) is 5.02 Å². The van der Waals surface area contributed by atoms with Crippen LogP contribution in [-0.2, 0) is 11.2 Å². The third-order valence-corrected chi connectivity index (χ3v) is 6.13. The second-order valence-electron chi connectivity index (χ2n) is 8.05. The maximum Gasteiger partial charge on any atom is 0.360 e. The Hall–Kier alpha value is -3.90. The highest BCUT2D eigenvalue weighted by Crippen LogP contribution is 2.24. The van der Waals surface area contributed by atoms with Gasteiger partial charge in [0.2, 0.25) is 0 Å². The first-order valence-corrected chi connectivity index (χ1v) is 11.8. The summed E-state index contributed by atoms with van der Waals surface area (Å²) in [6.07, 6.45) is 0.677. The maximum atomic E-state index is 13.1. The highest BCUT2D eigenvalue weighted by molar-refractivity contribution is 6.34. The molecule has 3 aromatic carbocycles. The van der Waals surface area contributed by atoms with Gasteiger partial charge in [0.15, 0.2) is 5.69 Å². The lowest BCUT2D eigenvalue weighted by Gasteiger charge is -2.20. The first kappa shape index (κ1) is 24.2. The van der Waals surface area contributed by atoms with Crippen molar-refractivity contribution in [2.45, 2.75) is 26.3 Å². The molecule has 0 bridgehead atoms. The molecule has 0 saturated heterocycles. The molecule has 4 aromatic rings. The third-order valence-electron chi connectivity index (χ3n) is 5.68. The molecule has 0 aliphatic carbocycles. The second-order valence-corrected chi connectivity index (χ2v) is 8.43. The van der Waals surface area contributed by atoms with Gasteiger partial charge in [-0.25, -0.2) is 9.48 Å². The summed E-state index contributed by atoms with van der Waals surface area (Å²) < 4.78 is 6.60. The standard InChI is InChI=1S/C28H26ClN3O3/c1-3-35-28(34)26-25(29)19(2)32(31-26)23-16-14-22(15-17-23)27(33)30-24(21-12-8-5-9-13-21)18-20-10-6-4-7-11-20/h4-17,24H,3,18H2,1-2H3,(H,30,33)/t24-/m0/s1. The van der Waals surface area contributed by atoms with Gasteiger partial charge in [-0.05, 0) is 55.7 Å². The molecule has 35 heavy (non-hydrogen) atoms. The first-order chi connectivity index (χ1) is 17.0. The van der Waals surface area contributed by atoms with Gasteiger partial charge in [0.25, 0.3) is 5.91 Å². The lowest BCUT2D eigenvalue weighted by Crippen LogP contribution is -2.30. The van der Waals surface area contributed by atoms with Crippen LogP contribution < -0.4 is 5.32 Å². The fourth-order valence-electron chi connectivity index (χ4n) is 3.85. The summed E-state index contributed by atoms with van der Waals surface area (Å²) in [4.78, 5) is 25.3. The van der Waals surface area contributed by atoms with Crippen LogP contribution in [0.3, 0.4) is 0 Å². The number of carbonyl (C=O) groups is 2. The molecule has 0 spiro atoms. The van der Waals surface area contributed by atoms with Crippen LogP contribution in [0.25, 0.3) is 5.69 Å². The molecule has 1 atom stereocenters. The number of aromatic nitrogens is 2. The number of ether oxygens (including phenoxy) is 1. The molecule has 0 aliphatic heterocycles. The Bertz CT molecular complexity index is 1300. The molecule has 1 N–H and O–H groups in total. The fourth-order valence-corrected chi connectivity index (χ4v) is 4.04. The lowest BCUT2D eigenvalue weighted by molar-refractivity contribution is 0.0519. The van der Waals surface area contributed by atoms with Crippen LogP contribution in [0.15, 0.2) is 84.9 Å². The highest BCUT2D eigenvalue weighted by atomic mass is 35.5. The molecule has 7 heteroatoms. The molecule has 0 fully saturated rings. The van der Waals surface area contributed by atoms with Crippen LogP contribution in [0.5, 0.6) is 0 Å². The van der Waals surface area contributed by atoms with Gasteiger partial charge in [-0.3, -0.25) is 4.79 Å². The molecule has 0 saturated carbocycles. The van der Waals surface area contributed by atoms with Crippen molar-refractivity contribution in [1.29, 1.82) is 0 Å². The minimum Gasteiger partial charge on any atom is -0.461 e. The van der Waals surface area contributed by atoms with Gasteiger partial charge in [-0.1, -0.05) is 72.3 Å². The summed E-state index contributed by atoms with van der Waals surface area (Å²) in [5.41, 5.74) is 4.05. The number of amides is 1. The van der Waals surface area contributed by atoms with Crippen LogP contribution in [0.4, 0.5) is 0 Å². The van der Waals surface area contributed by atoms with Gasteiger partial charge in [0, 0.05) is 5.56 Å². The summed E-state index contributed by atoms with van der Waals surface area (Å²) in [5, 5.41) is 7.73. The number of halogens is 1. The number of carbonyl (C=O) groups excluding carboxylic acids is 2. The van der Waals surface area contributed by atoms with Crippen molar-refractivity contribution >= 4 is 23.5 Å². The summed E-state index contributed by atoms with van der Waals surface area (Å²) in [7, 11) is 0. The molecule has 1 aromatic heterocycles. The van der Waals surface area contributed by atoms with Crippen molar-refractivity contribution in [1.82, 2.24) is 15.1 Å². The average molecular weight is 488 g/mol. The Morgan fingerprint density at radius 1 is 0.971 bits per heavy atom. The molecule has 178 valence electrons. The second kappa shape index (κ2) is 11.0. The Balaban J connectivity index is 1.54. The molecule has 1 amide bonds. The summed E-state index contributed by atoms with van der Waals surface area (Å²) in [6, 6.07) is 26.8. The van der Waals surface area contributed by atoms with Gasteiger partial charge in [0.1, 0.15) is 0 Å². The number of nitrogens with zero attached hydrogens (tertiary/aromatic N) is 2. The van der Waals surface area contributed by atoms with Gasteiger partial charge < -0.3 is 10.1 Å². The average Bonchev–Trinajstić information content (AvgIpc) is 3.19. The quantitative estimate of drug-likeness (QED) is 0.322. The molecule has 4 rings (SSSR count). The van der Waals surface area contributed by atoms with Crippen molar-refractivity contribution in [3.8, 4) is 5.69 Å². The predicted molar refractivity (Wildman–Crippen MR) is 136 cm³/mol. The molecule has 0 aliphatic rings. The van der Waals surface area contributed by atoms with Crippen molar-refractivity contribution in [3.05, 3.63) is 118 Å². The van der Waals surface area contributed by atoms with Crippen molar-refractivity contribution in [2.24, 2.45) is 0 Å². The summed E-state index contributed by atoms with van der Waals surface area (Å²) in [6.45, 7) is 3.73. The smallest absolute Gasteiger partial charge is 0.360 e. The minimum absolute atomic E-state index is 0.0689. The van der Waals surface area contributed by atoms with E-state index in [9.17, 15) is 9.59 Å². The largest absolute Gasteiger partial charge is 0.461 e. The fraction of sp³-hybridized carbons (Fsp3) is 0.179. The van der Waals surface area contributed by atoms with E-state index >= 15 is 0 Å². The van der Waals surface area contributed by atoms with Gasteiger partial charge in [-0.2, -0.15) is 5.10 Å². The normalized spacial score (nSPS) is 11.6. The summed E-state index contributed by atoms with van der Waals surface area (Å²) >= 11 is 6.31. The zero-order valence-electron chi connectivity index (χ0n) is 19.6. The predicted octanol–water partition coefficient (Wildman–Crippen LogP) is 5.72. The van der Waals surface area contributed by atoms with Crippen LogP contribution >= 0.6 is 11.6 Å². The van der Waals surface area contributed by atoms with Crippen LogP contribution in [0.1, 0.15) is 50.6 Å².